The van der Waals surface area contributed by atoms with Gasteiger partial charge in [-0.1, -0.05) is 12.1 Å². The first kappa shape index (κ1) is 14.2. The molecular weight excluding hydrogens is 292 g/mol. The largest absolute Gasteiger partial charge is 1.00 e. The molecule has 18 heavy (non-hydrogen) atoms. The zero-order valence-corrected chi connectivity index (χ0v) is 11.6. The highest BCUT2D eigenvalue weighted by molar-refractivity contribution is 5.28. The third-order valence-electron chi connectivity index (χ3n) is 2.54. The van der Waals surface area contributed by atoms with Crippen molar-refractivity contribution in [3.05, 3.63) is 59.9 Å². The van der Waals surface area contributed by atoms with Crippen LogP contribution < -0.4 is 26.3 Å². The third-order valence-corrected chi connectivity index (χ3v) is 2.54. The minimum atomic E-state index is 0. The van der Waals surface area contributed by atoms with Crippen LogP contribution in [0.25, 0.3) is 0 Å². The Morgan fingerprint density at radius 1 is 1.22 bits per heavy atom. The Morgan fingerprint density at radius 2 is 2.06 bits per heavy atom. The summed E-state index contributed by atoms with van der Waals surface area (Å²) in [5.74, 6) is 0.831. The number of nitriles is 1. The van der Waals surface area contributed by atoms with Gasteiger partial charge >= 0.3 is 0 Å². The van der Waals surface area contributed by atoms with Crippen LogP contribution in [0.3, 0.4) is 0 Å². The second kappa shape index (κ2) is 6.77. The number of benzene rings is 1. The Kier molecular flexibility index (Phi) is 5.34. The van der Waals surface area contributed by atoms with Crippen LogP contribution in [0.15, 0.2) is 48.7 Å². The monoisotopic (exact) mass is 304 g/mol. The number of hydrogen-bond acceptors (Lipinski definition) is 2. The fourth-order valence-corrected chi connectivity index (χ4v) is 1.68. The lowest BCUT2D eigenvalue weighted by molar-refractivity contribution is -0.690. The average Bonchev–Trinajstić information content (AvgIpc) is 2.39. The summed E-state index contributed by atoms with van der Waals surface area (Å²) in [4.78, 5) is 0. The van der Waals surface area contributed by atoms with Crippen molar-refractivity contribution in [1.29, 1.82) is 5.26 Å². The molecule has 0 atom stereocenters. The summed E-state index contributed by atoms with van der Waals surface area (Å²) < 4.78 is 7.09. The maximum absolute atomic E-state index is 9.00. The standard InChI is InChI=1S/C14H13N2O.BrH/c1-17-14-7-4-5-12(9-14)11-16-8-3-2-6-13(16)10-15;/h2-9H,11H2,1H3;1H/q+1;/p-1. The van der Waals surface area contributed by atoms with E-state index >= 15 is 0 Å². The number of hydrogen-bond donors (Lipinski definition) is 0. The summed E-state index contributed by atoms with van der Waals surface area (Å²) in [6.45, 7) is 0.668. The number of aromatic nitrogens is 1. The molecule has 0 saturated carbocycles. The molecule has 0 fully saturated rings. The second-order valence-electron chi connectivity index (χ2n) is 3.68. The quantitative estimate of drug-likeness (QED) is 0.676. The minimum Gasteiger partial charge on any atom is -1.00 e. The van der Waals surface area contributed by atoms with Crippen molar-refractivity contribution in [2.75, 3.05) is 7.11 Å². The summed E-state index contributed by atoms with van der Waals surface area (Å²) in [5.41, 5.74) is 1.76. The fourth-order valence-electron chi connectivity index (χ4n) is 1.68. The molecule has 2 rings (SSSR count). The Bertz CT molecular complexity index is 564. The molecule has 0 aliphatic rings. The summed E-state index contributed by atoms with van der Waals surface area (Å²) in [6, 6.07) is 15.6. The smallest absolute Gasteiger partial charge is 0.283 e. The molecule has 92 valence electrons. The molecule has 0 saturated heterocycles. The Balaban J connectivity index is 0.00000162. The van der Waals surface area contributed by atoms with E-state index in [0.717, 1.165) is 11.3 Å². The highest BCUT2D eigenvalue weighted by atomic mass is 79.9. The SMILES string of the molecule is COc1cccc(C[n+]2ccccc2C#N)c1.[Br-]. The van der Waals surface area contributed by atoms with Crippen LogP contribution in [-0.2, 0) is 6.54 Å². The van der Waals surface area contributed by atoms with Gasteiger partial charge in [-0.2, -0.15) is 9.83 Å². The van der Waals surface area contributed by atoms with Gasteiger partial charge < -0.3 is 21.7 Å². The molecule has 3 nitrogen and oxygen atoms in total. The predicted octanol–water partition coefficient (Wildman–Crippen LogP) is -1.09. The van der Waals surface area contributed by atoms with Gasteiger partial charge in [0.2, 0.25) is 0 Å². The highest BCUT2D eigenvalue weighted by Gasteiger charge is 2.09. The van der Waals surface area contributed by atoms with Crippen molar-refractivity contribution in [2.24, 2.45) is 0 Å². The lowest BCUT2D eigenvalue weighted by atomic mass is 10.2. The van der Waals surface area contributed by atoms with Gasteiger partial charge in [0.25, 0.3) is 5.69 Å². The molecule has 0 amide bonds. The minimum absolute atomic E-state index is 0. The highest BCUT2D eigenvalue weighted by Crippen LogP contribution is 2.12. The molecule has 4 heteroatoms. The average molecular weight is 305 g/mol. The fraction of sp³-hybridized carbons (Fsp3) is 0.143. The van der Waals surface area contributed by atoms with E-state index in [-0.39, 0.29) is 17.0 Å². The maximum Gasteiger partial charge on any atom is 0.283 e. The molecule has 0 radical (unpaired) electrons. The van der Waals surface area contributed by atoms with Crippen LogP contribution in [0.1, 0.15) is 11.3 Å². The normalized spacial score (nSPS) is 9.11. The molecule has 2 aromatic rings. The van der Waals surface area contributed by atoms with Crippen LogP contribution in [0.2, 0.25) is 0 Å². The molecule has 0 N–H and O–H groups in total. The van der Waals surface area contributed by atoms with E-state index in [9.17, 15) is 0 Å². The van der Waals surface area contributed by atoms with Crippen LogP contribution in [-0.4, -0.2) is 7.11 Å². The van der Waals surface area contributed by atoms with Gasteiger partial charge in [-0.05, 0) is 18.2 Å². The number of halogens is 1. The van der Waals surface area contributed by atoms with E-state index in [1.54, 1.807) is 13.2 Å². The van der Waals surface area contributed by atoms with Gasteiger partial charge in [0, 0.05) is 17.7 Å². The van der Waals surface area contributed by atoms with Gasteiger partial charge in [-0.25, -0.2) is 0 Å². The molecular formula is C14H13BrN2O. The lowest BCUT2D eigenvalue weighted by Crippen LogP contribution is -3.00. The van der Waals surface area contributed by atoms with Crippen LogP contribution in [0, 0.1) is 11.3 Å². The number of methoxy groups -OCH3 is 1. The molecule has 0 aliphatic heterocycles. The number of ether oxygens (including phenoxy) is 1. The molecule has 0 spiro atoms. The van der Waals surface area contributed by atoms with Crippen molar-refractivity contribution in [2.45, 2.75) is 6.54 Å². The Labute approximate surface area is 117 Å². The summed E-state index contributed by atoms with van der Waals surface area (Å²) in [6.07, 6.45) is 1.90. The second-order valence-corrected chi connectivity index (χ2v) is 3.68. The van der Waals surface area contributed by atoms with Gasteiger partial charge in [-0.3, -0.25) is 0 Å². The summed E-state index contributed by atoms with van der Waals surface area (Å²) in [7, 11) is 1.65. The summed E-state index contributed by atoms with van der Waals surface area (Å²) in [5, 5.41) is 9.00. The van der Waals surface area contributed by atoms with Crippen LogP contribution in [0.5, 0.6) is 5.75 Å². The van der Waals surface area contributed by atoms with E-state index in [4.69, 9.17) is 10.00 Å². The van der Waals surface area contributed by atoms with E-state index in [1.165, 1.54) is 0 Å². The number of nitrogens with zero attached hydrogens (tertiary/aromatic N) is 2. The van der Waals surface area contributed by atoms with Crippen molar-refractivity contribution < 1.29 is 26.3 Å². The van der Waals surface area contributed by atoms with Gasteiger partial charge in [-0.15, -0.1) is 0 Å². The van der Waals surface area contributed by atoms with Gasteiger partial charge in [0.15, 0.2) is 18.8 Å². The van der Waals surface area contributed by atoms with Gasteiger partial charge in [0.1, 0.15) is 5.75 Å². The first-order valence-corrected chi connectivity index (χ1v) is 5.35. The molecule has 0 bridgehead atoms. The molecule has 0 unspecified atom stereocenters. The predicted molar refractivity (Wildman–Crippen MR) is 63.4 cm³/mol. The topological polar surface area (TPSA) is 36.9 Å². The lowest BCUT2D eigenvalue weighted by Gasteiger charge is -2.02. The van der Waals surface area contributed by atoms with Crippen molar-refractivity contribution >= 4 is 0 Å². The summed E-state index contributed by atoms with van der Waals surface area (Å²) >= 11 is 0. The van der Waals surface area contributed by atoms with Gasteiger partial charge in [0.05, 0.1) is 7.11 Å². The third kappa shape index (κ3) is 3.31. The number of rotatable bonds is 3. The first-order valence-electron chi connectivity index (χ1n) is 5.35. The van der Waals surface area contributed by atoms with Crippen LogP contribution in [0.4, 0.5) is 0 Å². The van der Waals surface area contributed by atoms with Crippen molar-refractivity contribution in [3.8, 4) is 11.8 Å². The van der Waals surface area contributed by atoms with E-state index in [1.807, 2.05) is 47.2 Å². The Hall–Kier alpha value is -1.86. The van der Waals surface area contributed by atoms with E-state index in [2.05, 4.69) is 6.07 Å². The molecule has 0 aliphatic carbocycles. The molecule has 1 aromatic carbocycles. The van der Waals surface area contributed by atoms with E-state index in [0.29, 0.717) is 12.2 Å². The van der Waals surface area contributed by atoms with Crippen molar-refractivity contribution in [3.63, 3.8) is 0 Å². The van der Waals surface area contributed by atoms with Crippen molar-refractivity contribution in [1.82, 2.24) is 0 Å². The first-order chi connectivity index (χ1) is 8.33. The zero-order valence-electron chi connectivity index (χ0n) is 10.0. The maximum atomic E-state index is 9.00. The Morgan fingerprint density at radius 3 is 2.78 bits per heavy atom. The van der Waals surface area contributed by atoms with E-state index < -0.39 is 0 Å². The number of pyridine rings is 1. The van der Waals surface area contributed by atoms with Crippen LogP contribution >= 0.6 is 0 Å². The molecule has 1 heterocycles. The molecule has 1 aromatic heterocycles. The zero-order chi connectivity index (χ0) is 12.1.